The Labute approximate surface area is 124 Å². The van der Waals surface area contributed by atoms with Crippen LogP contribution in [0.15, 0.2) is 6.33 Å². The van der Waals surface area contributed by atoms with E-state index in [1.165, 1.54) is 0 Å². The largest absolute Gasteiger partial charge is 0.373 e. The molecule has 0 radical (unpaired) electrons. The molecule has 21 heavy (non-hydrogen) atoms. The van der Waals surface area contributed by atoms with E-state index in [1.807, 2.05) is 11.9 Å². The van der Waals surface area contributed by atoms with Crippen molar-refractivity contribution < 1.29 is 4.79 Å². The van der Waals surface area contributed by atoms with Gasteiger partial charge in [0.15, 0.2) is 0 Å². The highest BCUT2D eigenvalue weighted by molar-refractivity contribution is 5.77. The number of amides is 2. The number of rotatable bonds is 3. The van der Waals surface area contributed by atoms with E-state index in [4.69, 9.17) is 0 Å². The van der Waals surface area contributed by atoms with Gasteiger partial charge in [0.2, 0.25) is 0 Å². The predicted molar refractivity (Wildman–Crippen MR) is 81.8 cm³/mol. The van der Waals surface area contributed by atoms with Crippen molar-refractivity contribution in [3.05, 3.63) is 11.9 Å². The fraction of sp³-hybridized carbons (Fsp3) is 0.643. The van der Waals surface area contributed by atoms with Crippen LogP contribution in [0.4, 0.5) is 16.4 Å². The van der Waals surface area contributed by atoms with Crippen LogP contribution in [0.1, 0.15) is 25.3 Å². The molecule has 2 aliphatic rings. The van der Waals surface area contributed by atoms with Crippen molar-refractivity contribution in [2.45, 2.75) is 25.8 Å². The molecule has 1 aromatic heterocycles. The van der Waals surface area contributed by atoms with Crippen molar-refractivity contribution >= 4 is 17.7 Å². The number of aromatic nitrogens is 2. The van der Waals surface area contributed by atoms with Crippen LogP contribution in [0.25, 0.3) is 0 Å². The summed E-state index contributed by atoms with van der Waals surface area (Å²) in [5.74, 6) is 2.21. The van der Waals surface area contributed by atoms with Gasteiger partial charge in [-0.3, -0.25) is 0 Å². The lowest BCUT2D eigenvalue weighted by Gasteiger charge is -2.38. The average molecular weight is 290 g/mol. The molecule has 114 valence electrons. The van der Waals surface area contributed by atoms with E-state index in [-0.39, 0.29) is 12.1 Å². The second-order valence-electron chi connectivity index (χ2n) is 5.84. The molecular formula is C14H22N6O. The fourth-order valence-electron chi connectivity index (χ4n) is 3.17. The molecular weight excluding hydrogens is 268 g/mol. The monoisotopic (exact) mass is 290 g/mol. The highest BCUT2D eigenvalue weighted by Crippen LogP contribution is 2.32. The number of hydrogen-bond acceptors (Lipinski definition) is 5. The normalized spacial score (nSPS) is 21.5. The number of piperazine rings is 1. The Bertz CT molecular complexity index is 546. The predicted octanol–water partition coefficient (Wildman–Crippen LogP) is 0.856. The lowest BCUT2D eigenvalue weighted by atomic mass is 10.0. The van der Waals surface area contributed by atoms with Gasteiger partial charge in [-0.1, -0.05) is 13.8 Å². The Balaban J connectivity index is 1.89. The average Bonchev–Trinajstić information content (AvgIpc) is 2.87. The molecule has 2 N–H and O–H groups in total. The maximum absolute atomic E-state index is 11.7. The minimum absolute atomic E-state index is 0.0577. The number of nitrogens with one attached hydrogen (secondary N) is 2. The molecule has 0 aromatic carbocycles. The maximum Gasteiger partial charge on any atom is 0.317 e. The lowest BCUT2D eigenvalue weighted by molar-refractivity contribution is 0.197. The van der Waals surface area contributed by atoms with Gasteiger partial charge in [0.25, 0.3) is 0 Å². The van der Waals surface area contributed by atoms with Crippen LogP contribution < -0.4 is 15.5 Å². The van der Waals surface area contributed by atoms with Crippen LogP contribution in [-0.4, -0.2) is 60.2 Å². The summed E-state index contributed by atoms with van der Waals surface area (Å²) in [6, 6.07) is 0.293. The summed E-state index contributed by atoms with van der Waals surface area (Å²) in [5.41, 5.74) is 1.14. The van der Waals surface area contributed by atoms with Gasteiger partial charge >= 0.3 is 6.03 Å². The summed E-state index contributed by atoms with van der Waals surface area (Å²) in [6.07, 6.45) is 1.61. The Kier molecular flexibility index (Phi) is 3.57. The van der Waals surface area contributed by atoms with E-state index in [0.717, 1.165) is 43.4 Å². The number of urea groups is 1. The molecule has 0 spiro atoms. The first-order chi connectivity index (χ1) is 10.1. The number of anilines is 2. The van der Waals surface area contributed by atoms with E-state index in [0.29, 0.717) is 5.92 Å². The summed E-state index contributed by atoms with van der Waals surface area (Å²) >= 11 is 0. The number of fused-ring (bicyclic) bond motifs is 1. The van der Waals surface area contributed by atoms with E-state index >= 15 is 0 Å². The molecule has 3 rings (SSSR count). The van der Waals surface area contributed by atoms with Gasteiger partial charge in [0.1, 0.15) is 18.0 Å². The van der Waals surface area contributed by atoms with Gasteiger partial charge < -0.3 is 20.4 Å². The molecule has 1 aromatic rings. The molecule has 2 fully saturated rings. The smallest absolute Gasteiger partial charge is 0.317 e. The second-order valence-corrected chi connectivity index (χ2v) is 5.84. The van der Waals surface area contributed by atoms with Crippen molar-refractivity contribution in [3.63, 3.8) is 0 Å². The van der Waals surface area contributed by atoms with Gasteiger partial charge in [-0.15, -0.1) is 0 Å². The first-order valence-corrected chi connectivity index (χ1v) is 7.44. The van der Waals surface area contributed by atoms with Gasteiger partial charge in [0.05, 0.1) is 6.04 Å². The molecule has 0 bridgehead atoms. The quantitative estimate of drug-likeness (QED) is 0.863. The van der Waals surface area contributed by atoms with Crippen molar-refractivity contribution in [3.8, 4) is 0 Å². The first-order valence-electron chi connectivity index (χ1n) is 7.44. The zero-order chi connectivity index (χ0) is 15.0. The van der Waals surface area contributed by atoms with Crippen LogP contribution in [-0.2, 0) is 0 Å². The van der Waals surface area contributed by atoms with E-state index in [2.05, 4.69) is 39.3 Å². The second kappa shape index (κ2) is 5.38. The van der Waals surface area contributed by atoms with Crippen molar-refractivity contribution in [2.24, 2.45) is 0 Å². The maximum atomic E-state index is 11.7. The van der Waals surface area contributed by atoms with Crippen LogP contribution >= 0.6 is 0 Å². The summed E-state index contributed by atoms with van der Waals surface area (Å²) in [6.45, 7) is 7.39. The molecule has 2 saturated heterocycles. The molecule has 0 saturated carbocycles. The van der Waals surface area contributed by atoms with Crippen LogP contribution in [0, 0.1) is 0 Å². The number of carbonyl (C=O) groups is 1. The first kappa shape index (κ1) is 13.9. The Morgan fingerprint density at radius 2 is 2.19 bits per heavy atom. The minimum atomic E-state index is 0.0577. The zero-order valence-corrected chi connectivity index (χ0v) is 12.8. The molecule has 7 nitrogen and oxygen atoms in total. The standard InChI is InChI=1S/C14H22N6O/c1-9(2)11-12(15-3)17-8-18-13(11)19-4-5-20-10(7-19)6-16-14(20)21/h8-10H,4-7H2,1-3H3,(H,16,21)(H,15,17,18). The summed E-state index contributed by atoms with van der Waals surface area (Å²) < 4.78 is 0. The van der Waals surface area contributed by atoms with Crippen molar-refractivity contribution in [2.75, 3.05) is 43.4 Å². The third-order valence-corrected chi connectivity index (χ3v) is 4.21. The number of hydrogen-bond donors (Lipinski definition) is 2. The topological polar surface area (TPSA) is 73.4 Å². The van der Waals surface area contributed by atoms with Crippen LogP contribution in [0.3, 0.4) is 0 Å². The SMILES string of the molecule is CNc1ncnc(N2CCN3C(=O)NCC3C2)c1C(C)C. The minimum Gasteiger partial charge on any atom is -0.373 e. The number of nitrogens with zero attached hydrogens (tertiary/aromatic N) is 4. The van der Waals surface area contributed by atoms with Gasteiger partial charge in [-0.25, -0.2) is 14.8 Å². The van der Waals surface area contributed by atoms with Crippen LogP contribution in [0.2, 0.25) is 0 Å². The Hall–Kier alpha value is -2.05. The summed E-state index contributed by atoms with van der Waals surface area (Å²) in [7, 11) is 1.88. The molecule has 0 aliphatic carbocycles. The molecule has 2 aliphatic heterocycles. The van der Waals surface area contributed by atoms with Crippen molar-refractivity contribution in [1.29, 1.82) is 0 Å². The van der Waals surface area contributed by atoms with E-state index in [9.17, 15) is 4.79 Å². The molecule has 7 heteroatoms. The summed E-state index contributed by atoms with van der Waals surface area (Å²) in [5, 5.41) is 6.06. The third-order valence-electron chi connectivity index (χ3n) is 4.21. The summed E-state index contributed by atoms with van der Waals surface area (Å²) in [4.78, 5) is 24.7. The van der Waals surface area contributed by atoms with Gasteiger partial charge in [0, 0.05) is 38.8 Å². The highest BCUT2D eigenvalue weighted by atomic mass is 16.2. The van der Waals surface area contributed by atoms with Crippen molar-refractivity contribution in [1.82, 2.24) is 20.2 Å². The third kappa shape index (κ3) is 2.36. The highest BCUT2D eigenvalue weighted by Gasteiger charge is 2.36. The van der Waals surface area contributed by atoms with Crippen LogP contribution in [0.5, 0.6) is 0 Å². The van der Waals surface area contributed by atoms with Gasteiger partial charge in [-0.2, -0.15) is 0 Å². The van der Waals surface area contributed by atoms with E-state index < -0.39 is 0 Å². The molecule has 1 atom stereocenters. The zero-order valence-electron chi connectivity index (χ0n) is 12.8. The fourth-order valence-corrected chi connectivity index (χ4v) is 3.17. The molecule has 2 amide bonds. The van der Waals surface area contributed by atoms with E-state index in [1.54, 1.807) is 6.33 Å². The number of carbonyl (C=O) groups excluding carboxylic acids is 1. The molecule has 1 unspecified atom stereocenters. The van der Waals surface area contributed by atoms with Gasteiger partial charge in [-0.05, 0) is 5.92 Å². The Morgan fingerprint density at radius 1 is 1.38 bits per heavy atom. The lowest BCUT2D eigenvalue weighted by Crippen LogP contribution is -2.52. The Morgan fingerprint density at radius 3 is 2.90 bits per heavy atom. The molecule has 3 heterocycles.